The lowest BCUT2D eigenvalue weighted by molar-refractivity contribution is -0.138. The molecular weight excluding hydrogens is 262 g/mol. The molecule has 1 atom stereocenters. The Morgan fingerprint density at radius 2 is 2.00 bits per heavy atom. The molecule has 1 aliphatic rings. The Morgan fingerprint density at radius 3 is 2.60 bits per heavy atom. The van der Waals surface area contributed by atoms with Crippen LogP contribution in [0.5, 0.6) is 0 Å². The van der Waals surface area contributed by atoms with Crippen molar-refractivity contribution >= 4 is 23.5 Å². The van der Waals surface area contributed by atoms with Crippen molar-refractivity contribution in [2.24, 2.45) is 5.73 Å². The first-order valence-electron chi connectivity index (χ1n) is 6.16. The van der Waals surface area contributed by atoms with E-state index in [1.165, 1.54) is 4.90 Å². The molecule has 1 heterocycles. The molecule has 7 nitrogen and oxygen atoms in total. The second-order valence-electron chi connectivity index (χ2n) is 4.53. The number of nitrogens with zero attached hydrogens (tertiary/aromatic N) is 1. The second-order valence-corrected chi connectivity index (χ2v) is 4.53. The van der Waals surface area contributed by atoms with Gasteiger partial charge in [0.15, 0.2) is 0 Å². The molecule has 0 radical (unpaired) electrons. The number of carbonyl (C=O) groups is 3. The maximum Gasteiger partial charge on any atom is 0.320 e. The summed E-state index contributed by atoms with van der Waals surface area (Å²) in [6, 6.07) is 5.82. The summed E-state index contributed by atoms with van der Waals surface area (Å²) in [5.41, 5.74) is 6.82. The Hall–Kier alpha value is -2.41. The van der Waals surface area contributed by atoms with E-state index >= 15 is 0 Å². The molecule has 1 fully saturated rings. The number of benzene rings is 1. The predicted octanol–water partition coefficient (Wildman–Crippen LogP) is -0.896. The second kappa shape index (κ2) is 5.70. The largest absolute Gasteiger partial charge is 0.480 e. The Labute approximate surface area is 115 Å². The van der Waals surface area contributed by atoms with Crippen molar-refractivity contribution in [1.29, 1.82) is 0 Å². The van der Waals surface area contributed by atoms with Crippen molar-refractivity contribution in [2.45, 2.75) is 12.5 Å². The molecule has 106 valence electrons. The fraction of sp³-hybridized carbons (Fsp3) is 0.308. The van der Waals surface area contributed by atoms with Crippen LogP contribution in [0.4, 0.5) is 5.69 Å². The third-order valence-corrected chi connectivity index (χ3v) is 3.08. The molecule has 7 heteroatoms. The van der Waals surface area contributed by atoms with E-state index in [0.29, 0.717) is 18.8 Å². The van der Waals surface area contributed by atoms with E-state index in [0.717, 1.165) is 5.56 Å². The number of hydrogen-bond acceptors (Lipinski definition) is 4. The van der Waals surface area contributed by atoms with Crippen LogP contribution in [0.3, 0.4) is 0 Å². The number of amides is 2. The number of carboxylic acid groups (broad SMARTS) is 1. The van der Waals surface area contributed by atoms with Crippen molar-refractivity contribution in [1.82, 2.24) is 5.32 Å². The van der Waals surface area contributed by atoms with Gasteiger partial charge in [0.05, 0.1) is 0 Å². The third-order valence-electron chi connectivity index (χ3n) is 3.08. The van der Waals surface area contributed by atoms with Crippen molar-refractivity contribution in [2.75, 3.05) is 18.0 Å². The number of nitrogens with one attached hydrogen (secondary N) is 1. The van der Waals surface area contributed by atoms with Crippen LogP contribution in [0.15, 0.2) is 24.3 Å². The molecule has 0 aromatic heterocycles. The van der Waals surface area contributed by atoms with Crippen molar-refractivity contribution < 1.29 is 19.5 Å². The highest BCUT2D eigenvalue weighted by atomic mass is 16.4. The summed E-state index contributed by atoms with van der Waals surface area (Å²) in [6.45, 7) is 0.828. The predicted molar refractivity (Wildman–Crippen MR) is 71.1 cm³/mol. The Balaban J connectivity index is 2.10. The lowest BCUT2D eigenvalue weighted by Gasteiger charge is -2.26. The van der Waals surface area contributed by atoms with Gasteiger partial charge in [0.25, 0.3) is 0 Å². The molecule has 0 spiro atoms. The molecule has 2 amide bonds. The number of piperazine rings is 1. The van der Waals surface area contributed by atoms with E-state index in [1.807, 2.05) is 0 Å². The molecule has 2 rings (SSSR count). The number of rotatable bonds is 4. The SMILES string of the molecule is NC(Cc1ccc(N2CCNC(=O)C2=O)cc1)C(=O)O. The van der Waals surface area contributed by atoms with E-state index in [1.54, 1.807) is 24.3 Å². The van der Waals surface area contributed by atoms with Crippen LogP contribution in [0.1, 0.15) is 5.56 Å². The van der Waals surface area contributed by atoms with Crippen LogP contribution >= 0.6 is 0 Å². The number of carbonyl (C=O) groups excluding carboxylic acids is 2. The minimum absolute atomic E-state index is 0.212. The molecule has 0 aliphatic carbocycles. The zero-order valence-corrected chi connectivity index (χ0v) is 10.7. The van der Waals surface area contributed by atoms with Gasteiger partial charge >= 0.3 is 17.8 Å². The topological polar surface area (TPSA) is 113 Å². The lowest BCUT2D eigenvalue weighted by Crippen LogP contribution is -2.52. The van der Waals surface area contributed by atoms with E-state index < -0.39 is 23.8 Å². The summed E-state index contributed by atoms with van der Waals surface area (Å²) in [6.07, 6.45) is 0.212. The standard InChI is InChI=1S/C13H15N3O4/c14-10(13(19)20)7-8-1-3-9(4-2-8)16-6-5-15-11(17)12(16)18/h1-4,10H,5-7,14H2,(H,15,17)(H,19,20). The molecular formula is C13H15N3O4. The average molecular weight is 277 g/mol. The summed E-state index contributed by atoms with van der Waals surface area (Å²) < 4.78 is 0. The maximum atomic E-state index is 11.7. The van der Waals surface area contributed by atoms with Crippen LogP contribution in [-0.4, -0.2) is 42.0 Å². The lowest BCUT2D eigenvalue weighted by atomic mass is 10.1. The first kappa shape index (κ1) is 14.0. The third kappa shape index (κ3) is 2.94. The Kier molecular flexibility index (Phi) is 3.99. The van der Waals surface area contributed by atoms with Gasteiger partial charge in [0.2, 0.25) is 0 Å². The number of anilines is 1. The van der Waals surface area contributed by atoms with Gasteiger partial charge in [-0.05, 0) is 24.1 Å². The summed E-state index contributed by atoms with van der Waals surface area (Å²) in [5.74, 6) is -2.27. The summed E-state index contributed by atoms with van der Waals surface area (Å²) in [5, 5.41) is 11.2. The first-order valence-corrected chi connectivity index (χ1v) is 6.16. The minimum Gasteiger partial charge on any atom is -0.480 e. The van der Waals surface area contributed by atoms with E-state index in [4.69, 9.17) is 10.8 Å². The monoisotopic (exact) mass is 277 g/mol. The van der Waals surface area contributed by atoms with Gasteiger partial charge in [-0.2, -0.15) is 0 Å². The molecule has 4 N–H and O–H groups in total. The highest BCUT2D eigenvalue weighted by Crippen LogP contribution is 2.17. The fourth-order valence-electron chi connectivity index (χ4n) is 1.98. The minimum atomic E-state index is -1.06. The number of aliphatic carboxylic acids is 1. The van der Waals surface area contributed by atoms with Crippen LogP contribution in [0.2, 0.25) is 0 Å². The molecule has 1 aromatic rings. The molecule has 1 aromatic carbocycles. The average Bonchev–Trinajstić information content (AvgIpc) is 2.43. The number of carboxylic acids is 1. The van der Waals surface area contributed by atoms with Crippen LogP contribution in [-0.2, 0) is 20.8 Å². The van der Waals surface area contributed by atoms with Gasteiger partial charge in [-0.1, -0.05) is 12.1 Å². The molecule has 0 bridgehead atoms. The van der Waals surface area contributed by atoms with Crippen LogP contribution in [0.25, 0.3) is 0 Å². The Morgan fingerprint density at radius 1 is 1.35 bits per heavy atom. The highest BCUT2D eigenvalue weighted by Gasteiger charge is 2.27. The first-order chi connectivity index (χ1) is 9.49. The van der Waals surface area contributed by atoms with Gasteiger partial charge in [-0.3, -0.25) is 14.4 Å². The maximum absolute atomic E-state index is 11.7. The van der Waals surface area contributed by atoms with Crippen molar-refractivity contribution in [3.63, 3.8) is 0 Å². The smallest absolute Gasteiger partial charge is 0.320 e. The van der Waals surface area contributed by atoms with Gasteiger partial charge < -0.3 is 21.1 Å². The quantitative estimate of drug-likeness (QED) is 0.618. The normalized spacial score (nSPS) is 16.8. The zero-order valence-electron chi connectivity index (χ0n) is 10.7. The van der Waals surface area contributed by atoms with Crippen molar-refractivity contribution in [3.8, 4) is 0 Å². The van der Waals surface area contributed by atoms with Crippen LogP contribution in [0, 0.1) is 0 Å². The van der Waals surface area contributed by atoms with Gasteiger partial charge in [0.1, 0.15) is 6.04 Å². The van der Waals surface area contributed by atoms with Gasteiger partial charge in [0, 0.05) is 18.8 Å². The summed E-state index contributed by atoms with van der Waals surface area (Å²) in [4.78, 5) is 35.0. The Bertz CT molecular complexity index is 541. The van der Waals surface area contributed by atoms with Gasteiger partial charge in [-0.15, -0.1) is 0 Å². The molecule has 1 aliphatic heterocycles. The highest BCUT2D eigenvalue weighted by molar-refractivity contribution is 6.41. The van der Waals surface area contributed by atoms with Crippen LogP contribution < -0.4 is 16.0 Å². The summed E-state index contributed by atoms with van der Waals surface area (Å²) in [7, 11) is 0. The zero-order chi connectivity index (χ0) is 14.7. The molecule has 0 saturated carbocycles. The summed E-state index contributed by atoms with van der Waals surface area (Å²) >= 11 is 0. The van der Waals surface area contributed by atoms with E-state index in [9.17, 15) is 14.4 Å². The molecule has 20 heavy (non-hydrogen) atoms. The number of nitrogens with two attached hydrogens (primary N) is 1. The van der Waals surface area contributed by atoms with Crippen molar-refractivity contribution in [3.05, 3.63) is 29.8 Å². The van der Waals surface area contributed by atoms with Gasteiger partial charge in [-0.25, -0.2) is 0 Å². The van der Waals surface area contributed by atoms with E-state index in [-0.39, 0.29) is 6.42 Å². The molecule has 1 saturated heterocycles. The fourth-order valence-corrected chi connectivity index (χ4v) is 1.98. The number of hydrogen-bond donors (Lipinski definition) is 3. The molecule has 1 unspecified atom stereocenters. The van der Waals surface area contributed by atoms with E-state index in [2.05, 4.69) is 5.32 Å².